The Kier molecular flexibility index (Phi) is 4.34. The SMILES string of the molecule is CC(=O)n1c(CC(C)C)c2c(c1-c1ccccc1)C(=O)c1ccccc1C2=O. The van der Waals surface area contributed by atoms with Crippen molar-refractivity contribution in [2.75, 3.05) is 0 Å². The minimum atomic E-state index is -0.200. The van der Waals surface area contributed by atoms with E-state index in [1.807, 2.05) is 44.2 Å². The zero-order valence-corrected chi connectivity index (χ0v) is 16.2. The zero-order valence-electron chi connectivity index (χ0n) is 16.2. The van der Waals surface area contributed by atoms with E-state index in [1.165, 1.54) is 6.92 Å². The van der Waals surface area contributed by atoms with E-state index < -0.39 is 0 Å². The lowest BCUT2D eigenvalue weighted by molar-refractivity contribution is 0.0935. The number of ketones is 2. The van der Waals surface area contributed by atoms with Crippen molar-refractivity contribution in [3.05, 3.63) is 82.5 Å². The predicted octanol–water partition coefficient (Wildman–Crippen LogP) is 4.79. The molecule has 0 fully saturated rings. The molecule has 0 N–H and O–H groups in total. The summed E-state index contributed by atoms with van der Waals surface area (Å²) < 4.78 is 1.57. The third-order valence-corrected chi connectivity index (χ3v) is 5.10. The van der Waals surface area contributed by atoms with Crippen LogP contribution in [-0.4, -0.2) is 22.0 Å². The molecule has 0 unspecified atom stereocenters. The fraction of sp³-hybridized carbons (Fsp3) is 0.208. The highest BCUT2D eigenvalue weighted by Crippen LogP contribution is 2.39. The highest BCUT2D eigenvalue weighted by molar-refractivity contribution is 6.31. The topological polar surface area (TPSA) is 56.1 Å². The molecule has 3 aromatic rings. The quantitative estimate of drug-likeness (QED) is 0.520. The Balaban J connectivity index is 2.14. The van der Waals surface area contributed by atoms with Gasteiger partial charge in [-0.3, -0.25) is 19.0 Å². The van der Waals surface area contributed by atoms with Crippen LogP contribution in [0.2, 0.25) is 0 Å². The maximum Gasteiger partial charge on any atom is 0.228 e. The van der Waals surface area contributed by atoms with Crippen molar-refractivity contribution in [3.63, 3.8) is 0 Å². The van der Waals surface area contributed by atoms with E-state index in [2.05, 4.69) is 0 Å². The summed E-state index contributed by atoms with van der Waals surface area (Å²) in [4.78, 5) is 39.5. The van der Waals surface area contributed by atoms with E-state index in [4.69, 9.17) is 0 Å². The Labute approximate surface area is 163 Å². The van der Waals surface area contributed by atoms with E-state index in [0.29, 0.717) is 40.1 Å². The molecule has 2 aromatic carbocycles. The molecule has 4 rings (SSSR count). The molecule has 28 heavy (non-hydrogen) atoms. The minimum absolute atomic E-state index is 0.182. The summed E-state index contributed by atoms with van der Waals surface area (Å²) in [7, 11) is 0. The number of nitrogens with zero attached hydrogens (tertiary/aromatic N) is 1. The molecule has 0 radical (unpaired) electrons. The molecule has 0 atom stereocenters. The fourth-order valence-electron chi connectivity index (χ4n) is 4.03. The Morgan fingerprint density at radius 3 is 1.93 bits per heavy atom. The molecule has 4 heteroatoms. The fourth-order valence-corrected chi connectivity index (χ4v) is 4.03. The Morgan fingerprint density at radius 2 is 1.39 bits per heavy atom. The Bertz CT molecular complexity index is 1120. The summed E-state index contributed by atoms with van der Waals surface area (Å²) in [5.41, 5.74) is 3.44. The summed E-state index contributed by atoms with van der Waals surface area (Å²) in [6, 6.07) is 16.2. The van der Waals surface area contributed by atoms with Crippen LogP contribution in [0.15, 0.2) is 54.6 Å². The van der Waals surface area contributed by atoms with Crippen LogP contribution < -0.4 is 0 Å². The van der Waals surface area contributed by atoms with Crippen LogP contribution in [0.5, 0.6) is 0 Å². The number of carbonyl (C=O) groups excluding carboxylic acids is 3. The van der Waals surface area contributed by atoms with Crippen LogP contribution in [0.1, 0.15) is 63.1 Å². The van der Waals surface area contributed by atoms with Gasteiger partial charge in [-0.15, -0.1) is 0 Å². The van der Waals surface area contributed by atoms with E-state index in [1.54, 1.807) is 28.8 Å². The molecule has 1 heterocycles. The van der Waals surface area contributed by atoms with Gasteiger partial charge in [-0.2, -0.15) is 0 Å². The number of fused-ring (bicyclic) bond motifs is 2. The van der Waals surface area contributed by atoms with Crippen LogP contribution in [-0.2, 0) is 6.42 Å². The zero-order chi connectivity index (χ0) is 20.0. The maximum atomic E-state index is 13.4. The van der Waals surface area contributed by atoms with Crippen molar-refractivity contribution in [1.29, 1.82) is 0 Å². The molecule has 4 nitrogen and oxygen atoms in total. The van der Waals surface area contributed by atoms with Gasteiger partial charge in [0.1, 0.15) is 0 Å². The van der Waals surface area contributed by atoms with Gasteiger partial charge in [0.25, 0.3) is 0 Å². The first kappa shape index (κ1) is 18.1. The van der Waals surface area contributed by atoms with Crippen molar-refractivity contribution in [3.8, 4) is 11.3 Å². The lowest BCUT2D eigenvalue weighted by atomic mass is 9.82. The van der Waals surface area contributed by atoms with E-state index in [9.17, 15) is 14.4 Å². The number of carbonyl (C=O) groups is 3. The Morgan fingerprint density at radius 1 is 0.857 bits per heavy atom. The van der Waals surface area contributed by atoms with Gasteiger partial charge in [0.2, 0.25) is 5.91 Å². The summed E-state index contributed by atoms with van der Waals surface area (Å²) >= 11 is 0. The van der Waals surface area contributed by atoms with Crippen molar-refractivity contribution in [2.45, 2.75) is 27.2 Å². The molecule has 0 saturated heterocycles. The molecule has 1 aliphatic carbocycles. The van der Waals surface area contributed by atoms with E-state index >= 15 is 0 Å². The molecular formula is C24H21NO3. The van der Waals surface area contributed by atoms with Crippen molar-refractivity contribution in [1.82, 2.24) is 4.57 Å². The highest BCUT2D eigenvalue weighted by Gasteiger charge is 2.38. The number of rotatable bonds is 3. The molecule has 1 aliphatic rings. The van der Waals surface area contributed by atoms with Crippen LogP contribution in [0.4, 0.5) is 0 Å². The molecular weight excluding hydrogens is 350 g/mol. The normalized spacial score (nSPS) is 12.9. The third kappa shape index (κ3) is 2.64. The highest BCUT2D eigenvalue weighted by atomic mass is 16.2. The first-order valence-electron chi connectivity index (χ1n) is 9.44. The van der Waals surface area contributed by atoms with Gasteiger partial charge < -0.3 is 0 Å². The van der Waals surface area contributed by atoms with Gasteiger partial charge in [0.05, 0.1) is 16.8 Å². The average Bonchev–Trinajstić information content (AvgIpc) is 3.01. The predicted molar refractivity (Wildman–Crippen MR) is 108 cm³/mol. The number of benzene rings is 2. The standard InChI is InChI=1S/C24H21NO3/c1-14(2)13-19-20-21(24(28)18-12-8-7-11-17(18)23(20)27)22(25(19)15(3)26)16-9-5-4-6-10-16/h4-12,14H,13H2,1-3H3. The maximum absolute atomic E-state index is 13.4. The van der Waals surface area contributed by atoms with Crippen LogP contribution >= 0.6 is 0 Å². The second-order valence-electron chi connectivity index (χ2n) is 7.57. The number of hydrogen-bond donors (Lipinski definition) is 0. The summed E-state index contributed by atoms with van der Waals surface area (Å²) in [6.07, 6.45) is 0.538. The van der Waals surface area contributed by atoms with Gasteiger partial charge in [-0.1, -0.05) is 68.4 Å². The number of aromatic nitrogens is 1. The molecule has 140 valence electrons. The van der Waals surface area contributed by atoms with Crippen molar-refractivity contribution in [2.24, 2.45) is 5.92 Å². The van der Waals surface area contributed by atoms with Gasteiger partial charge in [0.15, 0.2) is 11.6 Å². The summed E-state index contributed by atoms with van der Waals surface area (Å²) in [6.45, 7) is 5.55. The molecule has 0 spiro atoms. The van der Waals surface area contributed by atoms with E-state index in [0.717, 1.165) is 5.56 Å². The van der Waals surface area contributed by atoms with Crippen molar-refractivity contribution >= 4 is 17.5 Å². The van der Waals surface area contributed by atoms with Gasteiger partial charge in [0, 0.05) is 23.7 Å². The molecule has 0 saturated carbocycles. The lowest BCUT2D eigenvalue weighted by Crippen LogP contribution is -2.21. The van der Waals surface area contributed by atoms with Crippen LogP contribution in [0, 0.1) is 5.92 Å². The van der Waals surface area contributed by atoms with Gasteiger partial charge >= 0.3 is 0 Å². The van der Waals surface area contributed by atoms with Crippen LogP contribution in [0.25, 0.3) is 11.3 Å². The second-order valence-corrected chi connectivity index (χ2v) is 7.57. The lowest BCUT2D eigenvalue weighted by Gasteiger charge is -2.16. The van der Waals surface area contributed by atoms with Crippen molar-refractivity contribution < 1.29 is 14.4 Å². The molecule has 0 bridgehead atoms. The van der Waals surface area contributed by atoms with Crippen LogP contribution in [0.3, 0.4) is 0 Å². The summed E-state index contributed by atoms with van der Waals surface area (Å²) in [5.74, 6) is -0.360. The molecule has 0 aliphatic heterocycles. The minimum Gasteiger partial charge on any atom is -0.288 e. The van der Waals surface area contributed by atoms with Gasteiger partial charge in [-0.25, -0.2) is 0 Å². The summed E-state index contributed by atoms with van der Waals surface area (Å²) in [5, 5.41) is 0. The third-order valence-electron chi connectivity index (χ3n) is 5.10. The smallest absolute Gasteiger partial charge is 0.228 e. The first-order valence-corrected chi connectivity index (χ1v) is 9.44. The average molecular weight is 371 g/mol. The van der Waals surface area contributed by atoms with E-state index in [-0.39, 0.29) is 23.4 Å². The number of hydrogen-bond acceptors (Lipinski definition) is 3. The van der Waals surface area contributed by atoms with Gasteiger partial charge in [-0.05, 0) is 17.9 Å². The molecule has 1 aromatic heterocycles. The largest absolute Gasteiger partial charge is 0.288 e. The second kappa shape index (κ2) is 6.71. The Hall–Kier alpha value is -3.27. The first-order chi connectivity index (χ1) is 13.4. The monoisotopic (exact) mass is 371 g/mol. The molecule has 0 amide bonds.